The number of benzene rings is 1. The van der Waals surface area contributed by atoms with Gasteiger partial charge in [-0.15, -0.1) is 4.51 Å². The average molecular weight is 249 g/mol. The third-order valence-corrected chi connectivity index (χ3v) is 1.92. The second-order valence-corrected chi connectivity index (χ2v) is 3.19. The van der Waals surface area contributed by atoms with Gasteiger partial charge in [-0.3, -0.25) is 0 Å². The molecule has 0 spiro atoms. The van der Waals surface area contributed by atoms with Crippen molar-refractivity contribution in [3.63, 3.8) is 0 Å². The molecule has 12 heavy (non-hydrogen) atoms. The molecule has 0 bridgehead atoms. The molecule has 0 heterocycles. The molecule has 3 N–H and O–H groups in total. The molecule has 0 unspecified atom stereocenters. The zero-order chi connectivity index (χ0) is 8.97. The highest BCUT2D eigenvalue weighted by Crippen LogP contribution is 2.13. The van der Waals surface area contributed by atoms with Crippen LogP contribution in [-0.4, -0.2) is 5.96 Å². The molecular weight excluding hydrogens is 241 g/mol. The molecule has 0 fully saturated rings. The van der Waals surface area contributed by atoms with Gasteiger partial charge in [0.05, 0.1) is 0 Å². The highest BCUT2D eigenvalue weighted by atomic mass is 79.9. The summed E-state index contributed by atoms with van der Waals surface area (Å²) in [7, 11) is 0. The van der Waals surface area contributed by atoms with Crippen LogP contribution in [0, 0.1) is 0 Å². The minimum Gasteiger partial charge on any atom is -0.369 e. The van der Waals surface area contributed by atoms with Crippen molar-refractivity contribution in [2.24, 2.45) is 10.2 Å². The summed E-state index contributed by atoms with van der Waals surface area (Å²) in [6.07, 6.45) is 0. The molecule has 0 radical (unpaired) electrons. The standard InChI is InChI=1S/C7H7BrClN3/c8-5-1-3-6(4-2-5)11-7(10)12-9/h1-4H,(H3,10,11,12). The minimum absolute atomic E-state index is 0.180. The van der Waals surface area contributed by atoms with Crippen LogP contribution in [0.3, 0.4) is 0 Å². The molecule has 0 amide bonds. The van der Waals surface area contributed by atoms with Crippen LogP contribution < -0.4 is 11.1 Å². The third-order valence-electron chi connectivity index (χ3n) is 1.21. The Balaban J connectivity index is 2.71. The van der Waals surface area contributed by atoms with Gasteiger partial charge < -0.3 is 11.1 Å². The Morgan fingerprint density at radius 2 is 2.00 bits per heavy atom. The molecule has 0 aliphatic carbocycles. The molecule has 0 aromatic heterocycles. The van der Waals surface area contributed by atoms with Crippen molar-refractivity contribution in [2.45, 2.75) is 0 Å². The molecular formula is C7H7BrClN3. The predicted molar refractivity (Wildman–Crippen MR) is 55.2 cm³/mol. The number of halogens is 2. The number of rotatable bonds is 1. The first-order valence-corrected chi connectivity index (χ1v) is 4.32. The molecule has 0 saturated heterocycles. The van der Waals surface area contributed by atoms with Crippen LogP contribution in [-0.2, 0) is 0 Å². The highest BCUT2D eigenvalue weighted by Gasteiger charge is 1.93. The second-order valence-electron chi connectivity index (χ2n) is 2.10. The third kappa shape index (κ3) is 2.71. The van der Waals surface area contributed by atoms with Crippen LogP contribution in [0.1, 0.15) is 0 Å². The lowest BCUT2D eigenvalue weighted by atomic mass is 10.3. The number of nitrogens with two attached hydrogens (primary N) is 1. The van der Waals surface area contributed by atoms with Crippen LogP contribution in [0.2, 0.25) is 0 Å². The molecule has 1 aromatic carbocycles. The van der Waals surface area contributed by atoms with Gasteiger partial charge in [0.1, 0.15) is 0 Å². The van der Waals surface area contributed by atoms with Crippen LogP contribution in [0.5, 0.6) is 0 Å². The Morgan fingerprint density at radius 3 is 2.50 bits per heavy atom. The number of nitrogens with one attached hydrogen (secondary N) is 1. The summed E-state index contributed by atoms with van der Waals surface area (Å²) in [6.45, 7) is 0. The molecule has 0 aliphatic heterocycles. The fourth-order valence-electron chi connectivity index (χ4n) is 0.702. The van der Waals surface area contributed by atoms with E-state index in [1.807, 2.05) is 24.3 Å². The van der Waals surface area contributed by atoms with Crippen molar-refractivity contribution in [1.29, 1.82) is 0 Å². The fraction of sp³-hybridized carbons (Fsp3) is 0. The van der Waals surface area contributed by atoms with E-state index in [1.54, 1.807) is 0 Å². The van der Waals surface area contributed by atoms with E-state index >= 15 is 0 Å². The first-order valence-electron chi connectivity index (χ1n) is 3.19. The zero-order valence-corrected chi connectivity index (χ0v) is 8.43. The normalized spacial score (nSPS) is 11.3. The summed E-state index contributed by atoms with van der Waals surface area (Å²) >= 11 is 8.44. The SMILES string of the molecule is NC(=NCl)Nc1ccc(Br)cc1. The maximum atomic E-state index is 5.34. The number of guanidine groups is 1. The van der Waals surface area contributed by atoms with Crippen molar-refractivity contribution < 1.29 is 0 Å². The predicted octanol–water partition coefficient (Wildman–Crippen LogP) is 2.33. The van der Waals surface area contributed by atoms with Crippen LogP contribution in [0.25, 0.3) is 0 Å². The van der Waals surface area contributed by atoms with Gasteiger partial charge in [-0.05, 0) is 24.3 Å². The van der Waals surface area contributed by atoms with E-state index in [4.69, 9.17) is 17.5 Å². The summed E-state index contributed by atoms with van der Waals surface area (Å²) in [6, 6.07) is 7.51. The van der Waals surface area contributed by atoms with Gasteiger partial charge in [-0.25, -0.2) is 0 Å². The highest BCUT2D eigenvalue weighted by molar-refractivity contribution is 9.10. The molecule has 0 aliphatic rings. The lowest BCUT2D eigenvalue weighted by Crippen LogP contribution is -2.21. The summed E-state index contributed by atoms with van der Waals surface area (Å²) in [5.74, 6) is 0.180. The Morgan fingerprint density at radius 1 is 1.42 bits per heavy atom. The summed E-state index contributed by atoms with van der Waals surface area (Å²) in [4.78, 5) is 0. The quantitative estimate of drug-likeness (QED) is 0.592. The number of anilines is 1. The molecule has 0 saturated carbocycles. The second kappa shape index (κ2) is 4.33. The van der Waals surface area contributed by atoms with E-state index < -0.39 is 0 Å². The van der Waals surface area contributed by atoms with Crippen LogP contribution in [0.4, 0.5) is 5.69 Å². The first kappa shape index (κ1) is 9.35. The lowest BCUT2D eigenvalue weighted by Gasteiger charge is -2.02. The van der Waals surface area contributed by atoms with Crippen molar-refractivity contribution in [3.05, 3.63) is 28.7 Å². The summed E-state index contributed by atoms with van der Waals surface area (Å²) in [5, 5.41) is 2.79. The van der Waals surface area contributed by atoms with E-state index in [1.165, 1.54) is 0 Å². The summed E-state index contributed by atoms with van der Waals surface area (Å²) in [5.41, 5.74) is 6.19. The topological polar surface area (TPSA) is 50.4 Å². The molecule has 1 aromatic rings. The van der Waals surface area contributed by atoms with Gasteiger partial charge in [0.2, 0.25) is 5.96 Å². The van der Waals surface area contributed by atoms with Gasteiger partial charge in [-0.1, -0.05) is 15.9 Å². The largest absolute Gasteiger partial charge is 0.369 e. The lowest BCUT2D eigenvalue weighted by molar-refractivity contribution is 1.53. The van der Waals surface area contributed by atoms with E-state index in [2.05, 4.69) is 25.8 Å². The van der Waals surface area contributed by atoms with Gasteiger partial charge >= 0.3 is 0 Å². The number of hydrogen-bond donors (Lipinski definition) is 2. The minimum atomic E-state index is 0.180. The van der Waals surface area contributed by atoms with Gasteiger partial charge in [-0.2, -0.15) is 0 Å². The van der Waals surface area contributed by atoms with Crippen molar-refractivity contribution in [3.8, 4) is 0 Å². The monoisotopic (exact) mass is 247 g/mol. The van der Waals surface area contributed by atoms with E-state index in [0.29, 0.717) is 0 Å². The van der Waals surface area contributed by atoms with E-state index in [-0.39, 0.29) is 5.96 Å². The smallest absolute Gasteiger partial charge is 0.210 e. The Bertz CT molecular complexity index is 283. The molecule has 1 rings (SSSR count). The maximum Gasteiger partial charge on any atom is 0.210 e. The number of nitrogens with zero attached hydrogens (tertiary/aromatic N) is 1. The van der Waals surface area contributed by atoms with Crippen LogP contribution >= 0.6 is 27.7 Å². The molecule has 0 atom stereocenters. The Hall–Kier alpha value is -0.740. The van der Waals surface area contributed by atoms with Crippen molar-refractivity contribution >= 4 is 39.4 Å². The van der Waals surface area contributed by atoms with Crippen LogP contribution in [0.15, 0.2) is 33.2 Å². The van der Waals surface area contributed by atoms with Gasteiger partial charge in [0.15, 0.2) is 0 Å². The Labute approximate surface area is 83.9 Å². The Kier molecular flexibility index (Phi) is 3.37. The van der Waals surface area contributed by atoms with Crippen molar-refractivity contribution in [1.82, 2.24) is 0 Å². The van der Waals surface area contributed by atoms with E-state index in [9.17, 15) is 0 Å². The maximum absolute atomic E-state index is 5.34. The fourth-order valence-corrected chi connectivity index (χ4v) is 1.01. The zero-order valence-electron chi connectivity index (χ0n) is 6.09. The summed E-state index contributed by atoms with van der Waals surface area (Å²) < 4.78 is 4.26. The van der Waals surface area contributed by atoms with Gasteiger partial charge in [0.25, 0.3) is 0 Å². The van der Waals surface area contributed by atoms with Gasteiger partial charge in [0, 0.05) is 21.9 Å². The first-order chi connectivity index (χ1) is 5.72. The van der Waals surface area contributed by atoms with E-state index in [0.717, 1.165) is 10.2 Å². The molecule has 3 nitrogen and oxygen atoms in total. The number of hydrogen-bond acceptors (Lipinski definition) is 1. The van der Waals surface area contributed by atoms with Crippen molar-refractivity contribution in [2.75, 3.05) is 5.32 Å². The average Bonchev–Trinajstić information content (AvgIpc) is 2.09. The molecule has 5 heteroatoms. The molecule has 64 valence electrons.